The van der Waals surface area contributed by atoms with E-state index in [1.165, 1.54) is 12.1 Å². The van der Waals surface area contributed by atoms with E-state index in [4.69, 9.17) is 0 Å². The number of likely N-dealkylation sites (N-methyl/N-ethyl adjacent to an activating group) is 1. The molecule has 5 rings (SSSR count). The molecule has 2 fully saturated rings. The number of halogens is 3. The predicted octanol–water partition coefficient (Wildman–Crippen LogP) is 5.12. The lowest BCUT2D eigenvalue weighted by molar-refractivity contribution is -0.138. The van der Waals surface area contributed by atoms with Gasteiger partial charge in [-0.1, -0.05) is 18.1 Å². The van der Waals surface area contributed by atoms with Gasteiger partial charge >= 0.3 is 6.18 Å². The highest BCUT2D eigenvalue weighted by Gasteiger charge is 2.34. The second kappa shape index (κ2) is 13.1. The lowest BCUT2D eigenvalue weighted by Gasteiger charge is -2.33. The largest absolute Gasteiger partial charge is 0.416 e. The molecule has 43 heavy (non-hydrogen) atoms. The number of hydrogen-bond acceptors (Lipinski definition) is 6. The average molecular weight is 590 g/mol. The molecular weight excluding hydrogens is 555 g/mol. The lowest BCUT2D eigenvalue weighted by atomic mass is 10.0. The van der Waals surface area contributed by atoms with E-state index in [1.807, 2.05) is 18.9 Å². The number of piperazine rings is 1. The molecule has 224 valence electrons. The van der Waals surface area contributed by atoms with Gasteiger partial charge in [0.2, 0.25) is 0 Å². The van der Waals surface area contributed by atoms with E-state index >= 15 is 0 Å². The Morgan fingerprint density at radius 3 is 2.42 bits per heavy atom. The summed E-state index contributed by atoms with van der Waals surface area (Å²) >= 11 is 0. The van der Waals surface area contributed by atoms with Crippen molar-refractivity contribution in [2.75, 3.05) is 38.5 Å². The summed E-state index contributed by atoms with van der Waals surface area (Å²) in [5.41, 5.74) is 2.38. The van der Waals surface area contributed by atoms with Crippen molar-refractivity contribution in [2.45, 2.75) is 45.3 Å². The Hall–Kier alpha value is -4.07. The molecule has 2 heterocycles. The number of nitrogens with one attached hydrogen (secondary N) is 1. The zero-order valence-electron chi connectivity index (χ0n) is 24.3. The van der Waals surface area contributed by atoms with Crippen LogP contribution in [0.5, 0.6) is 0 Å². The minimum absolute atomic E-state index is 0.0712. The summed E-state index contributed by atoms with van der Waals surface area (Å²) in [5, 5.41) is 10.9. The van der Waals surface area contributed by atoms with Crippen LogP contribution in [-0.4, -0.2) is 64.9 Å². The van der Waals surface area contributed by atoms with Crippen molar-refractivity contribution >= 4 is 17.4 Å². The summed E-state index contributed by atoms with van der Waals surface area (Å²) in [6.45, 7) is 5.07. The highest BCUT2D eigenvalue weighted by molar-refractivity contribution is 6.04. The van der Waals surface area contributed by atoms with Crippen molar-refractivity contribution in [1.29, 1.82) is 0 Å². The van der Waals surface area contributed by atoms with Gasteiger partial charge in [-0.2, -0.15) is 18.3 Å². The first-order valence-corrected chi connectivity index (χ1v) is 14.5. The van der Waals surface area contributed by atoms with E-state index in [1.54, 1.807) is 30.3 Å². The molecule has 0 atom stereocenters. The third-order valence-electron chi connectivity index (χ3n) is 7.87. The number of nitrogens with zero attached hydrogens (tertiary/aromatic N) is 4. The number of aromatic nitrogens is 2. The lowest BCUT2D eigenvalue weighted by Crippen LogP contribution is -2.44. The van der Waals surface area contributed by atoms with Crippen LogP contribution in [0.25, 0.3) is 0 Å². The van der Waals surface area contributed by atoms with E-state index in [-0.39, 0.29) is 35.1 Å². The molecule has 1 aliphatic carbocycles. The maximum absolute atomic E-state index is 14.0. The van der Waals surface area contributed by atoms with Crippen LogP contribution in [0, 0.1) is 24.7 Å². The summed E-state index contributed by atoms with van der Waals surface area (Å²) in [6, 6.07) is 12.5. The molecular formula is C33H34F3N5O2. The van der Waals surface area contributed by atoms with Crippen LogP contribution in [0.2, 0.25) is 0 Å². The molecule has 1 amide bonds. The number of amides is 1. The highest BCUT2D eigenvalue weighted by atomic mass is 19.4. The van der Waals surface area contributed by atoms with Crippen LogP contribution in [-0.2, 0) is 23.9 Å². The molecule has 7 nitrogen and oxygen atoms in total. The summed E-state index contributed by atoms with van der Waals surface area (Å²) in [7, 11) is 2.00. The number of aryl methyl sites for hydroxylation is 2. The number of ketones is 1. The number of carbonyl (C=O) groups is 2. The molecule has 2 aromatic carbocycles. The molecule has 1 saturated carbocycles. The zero-order chi connectivity index (χ0) is 30.6. The van der Waals surface area contributed by atoms with Gasteiger partial charge in [0.05, 0.1) is 11.3 Å². The molecule has 0 bridgehead atoms. The van der Waals surface area contributed by atoms with Gasteiger partial charge < -0.3 is 10.2 Å². The highest BCUT2D eigenvalue weighted by Crippen LogP contribution is 2.35. The Morgan fingerprint density at radius 1 is 0.977 bits per heavy atom. The SMILES string of the molecule is Cc1ccc(C(=O)Nc2ccc(CN3CCN(C)CC3)c(C(F)(F)F)c2)cc1C#Cc1ccc(CCC(=O)C2CC2)nn1. The number of hydrogen-bond donors (Lipinski definition) is 1. The first-order chi connectivity index (χ1) is 20.5. The van der Waals surface area contributed by atoms with Gasteiger partial charge in [-0.05, 0) is 86.7 Å². The van der Waals surface area contributed by atoms with Gasteiger partial charge in [-0.3, -0.25) is 14.5 Å². The average Bonchev–Trinajstić information content (AvgIpc) is 3.83. The van der Waals surface area contributed by atoms with E-state index in [9.17, 15) is 22.8 Å². The Morgan fingerprint density at radius 2 is 1.74 bits per heavy atom. The molecule has 2 aliphatic rings. The van der Waals surface area contributed by atoms with Gasteiger partial charge in [-0.15, -0.1) is 5.10 Å². The maximum atomic E-state index is 14.0. The van der Waals surface area contributed by atoms with Gasteiger partial charge in [0.15, 0.2) is 0 Å². The van der Waals surface area contributed by atoms with Crippen LogP contribution in [0.15, 0.2) is 48.5 Å². The van der Waals surface area contributed by atoms with Crippen LogP contribution < -0.4 is 5.32 Å². The number of rotatable bonds is 8. The zero-order valence-corrected chi connectivity index (χ0v) is 24.3. The Labute approximate surface area is 249 Å². The van der Waals surface area contributed by atoms with Crippen molar-refractivity contribution in [2.24, 2.45) is 5.92 Å². The van der Waals surface area contributed by atoms with Crippen molar-refractivity contribution in [3.63, 3.8) is 0 Å². The second-order valence-corrected chi connectivity index (χ2v) is 11.3. The fourth-order valence-corrected chi connectivity index (χ4v) is 4.96. The van der Waals surface area contributed by atoms with Crippen molar-refractivity contribution < 1.29 is 22.8 Å². The van der Waals surface area contributed by atoms with Crippen LogP contribution >= 0.6 is 0 Å². The first-order valence-electron chi connectivity index (χ1n) is 14.5. The standard InChI is InChI=1S/C33H34F3N5O2/c1-22-3-4-25(19-24(22)7-9-27-11-12-28(39-38-27)13-14-31(42)23-5-6-23)32(43)37-29-10-8-26(30(20-29)33(34,35)36)21-41-17-15-40(2)16-18-41/h3-4,8,10-12,19-20,23H,5-6,13-18,21H2,1-2H3,(H,37,43). The summed E-state index contributed by atoms with van der Waals surface area (Å²) in [5.74, 6) is 5.94. The quantitative estimate of drug-likeness (QED) is 0.368. The van der Waals surface area contributed by atoms with Crippen molar-refractivity contribution in [3.8, 4) is 11.8 Å². The minimum Gasteiger partial charge on any atom is -0.322 e. The maximum Gasteiger partial charge on any atom is 0.416 e. The number of benzene rings is 2. The fourth-order valence-electron chi connectivity index (χ4n) is 4.96. The summed E-state index contributed by atoms with van der Waals surface area (Å²) in [6.07, 6.45) is -1.55. The molecule has 1 N–H and O–H groups in total. The molecule has 1 saturated heterocycles. The van der Waals surface area contributed by atoms with Crippen molar-refractivity contribution in [1.82, 2.24) is 20.0 Å². The number of alkyl halides is 3. The van der Waals surface area contributed by atoms with Crippen LogP contribution in [0.3, 0.4) is 0 Å². The number of anilines is 1. The summed E-state index contributed by atoms with van der Waals surface area (Å²) in [4.78, 5) is 29.1. The van der Waals surface area contributed by atoms with E-state index < -0.39 is 17.6 Å². The van der Waals surface area contributed by atoms with Gasteiger partial charge in [0.1, 0.15) is 11.5 Å². The smallest absolute Gasteiger partial charge is 0.322 e. The molecule has 10 heteroatoms. The van der Waals surface area contributed by atoms with E-state index in [2.05, 4.69) is 32.3 Å². The number of Topliss-reactive ketones (excluding diaryl/α,β-unsaturated/α-hetero) is 1. The Kier molecular flexibility index (Phi) is 9.23. The molecule has 0 unspecified atom stereocenters. The normalized spacial score (nSPS) is 15.9. The van der Waals surface area contributed by atoms with Gasteiger partial charge in [0.25, 0.3) is 5.91 Å². The van der Waals surface area contributed by atoms with Gasteiger partial charge in [-0.25, -0.2) is 0 Å². The van der Waals surface area contributed by atoms with Crippen LogP contribution in [0.1, 0.15) is 63.3 Å². The summed E-state index contributed by atoms with van der Waals surface area (Å²) < 4.78 is 41.9. The minimum atomic E-state index is -4.55. The molecule has 1 aliphatic heterocycles. The molecule has 0 radical (unpaired) electrons. The van der Waals surface area contributed by atoms with Gasteiger partial charge in [0, 0.05) is 61.9 Å². The monoisotopic (exact) mass is 589 g/mol. The second-order valence-electron chi connectivity index (χ2n) is 11.3. The Balaban J connectivity index is 1.25. The molecule has 0 spiro atoms. The first kappa shape index (κ1) is 30.4. The predicted molar refractivity (Wildman–Crippen MR) is 157 cm³/mol. The third-order valence-corrected chi connectivity index (χ3v) is 7.87. The van der Waals surface area contributed by atoms with E-state index in [0.717, 1.165) is 43.3 Å². The Bertz CT molecular complexity index is 1550. The van der Waals surface area contributed by atoms with Crippen molar-refractivity contribution in [3.05, 3.63) is 87.7 Å². The van der Waals surface area contributed by atoms with Crippen LogP contribution in [0.4, 0.5) is 18.9 Å². The topological polar surface area (TPSA) is 78.4 Å². The fraction of sp³-hybridized carbons (Fsp3) is 0.394. The third kappa shape index (κ3) is 8.27. The molecule has 1 aromatic heterocycles. The van der Waals surface area contributed by atoms with E-state index in [0.29, 0.717) is 37.2 Å². The molecule has 3 aromatic rings. The number of carbonyl (C=O) groups excluding carboxylic acids is 2.